The largest absolute Gasteiger partial charge is 0.394 e. The zero-order valence-corrected chi connectivity index (χ0v) is 34.2. The predicted molar refractivity (Wildman–Crippen MR) is 221 cm³/mol. The van der Waals surface area contributed by atoms with Crippen molar-refractivity contribution in [3.8, 4) is 0 Å². The molecule has 0 rings (SSSR count). The lowest BCUT2D eigenvalue weighted by Gasteiger charge is -2.20. The van der Waals surface area contributed by atoms with Gasteiger partial charge in [-0.1, -0.05) is 244 Å². The van der Waals surface area contributed by atoms with Crippen molar-refractivity contribution in [1.29, 1.82) is 0 Å². The highest BCUT2D eigenvalue weighted by Crippen LogP contribution is 2.16. The van der Waals surface area contributed by atoms with E-state index in [9.17, 15) is 15.0 Å². The molecule has 0 saturated heterocycles. The Morgan fingerprint density at radius 1 is 0.460 bits per heavy atom. The molecule has 0 aromatic rings. The summed E-state index contributed by atoms with van der Waals surface area (Å²) in [5, 5.41) is 23.0. The third kappa shape index (κ3) is 38.4. The predicted octanol–water partition coefficient (Wildman–Crippen LogP) is 14.2. The molecule has 0 unspecified atom stereocenters. The second-order valence-electron chi connectivity index (χ2n) is 15.8. The summed E-state index contributed by atoms with van der Waals surface area (Å²) < 4.78 is 0. The molecule has 0 aliphatic rings. The van der Waals surface area contributed by atoms with Crippen molar-refractivity contribution in [3.63, 3.8) is 0 Å². The number of rotatable bonds is 42. The van der Waals surface area contributed by atoms with Gasteiger partial charge in [-0.3, -0.25) is 4.79 Å². The summed E-state index contributed by atoms with van der Waals surface area (Å²) in [7, 11) is 0. The fraction of sp³-hybridized carbons (Fsp3) is 0.935. The topological polar surface area (TPSA) is 69.6 Å². The van der Waals surface area contributed by atoms with E-state index in [1.165, 1.54) is 212 Å². The van der Waals surface area contributed by atoms with Gasteiger partial charge in [0, 0.05) is 6.42 Å². The van der Waals surface area contributed by atoms with Gasteiger partial charge in [-0.2, -0.15) is 0 Å². The maximum atomic E-state index is 12.4. The van der Waals surface area contributed by atoms with Crippen LogP contribution in [-0.2, 0) is 4.79 Å². The number of aliphatic hydroxyl groups excluding tert-OH is 2. The van der Waals surface area contributed by atoms with E-state index in [1.54, 1.807) is 6.08 Å². The lowest BCUT2D eigenvalue weighted by atomic mass is 10.0. The van der Waals surface area contributed by atoms with E-state index >= 15 is 0 Å². The number of carbonyl (C=O) groups excluding carboxylic acids is 1. The van der Waals surface area contributed by atoms with E-state index < -0.39 is 12.1 Å². The Kier molecular flexibility index (Phi) is 41.8. The van der Waals surface area contributed by atoms with Crippen molar-refractivity contribution in [1.82, 2.24) is 5.32 Å². The quantitative estimate of drug-likeness (QED) is 0.0437. The van der Waals surface area contributed by atoms with E-state index in [2.05, 4.69) is 19.2 Å². The van der Waals surface area contributed by atoms with Crippen LogP contribution in [0.2, 0.25) is 0 Å². The standard InChI is InChI=1S/C46H91NO3/c1-3-5-7-9-11-13-15-17-19-20-21-22-23-24-25-26-28-30-32-34-36-38-40-42-46(50)47-44(43-48)45(49)41-39-37-35-33-31-29-27-18-16-14-12-10-8-6-4-2/h39,41,44-45,48-49H,3-38,40,42-43H2,1-2H3,(H,47,50)/b41-39+/t44-,45+/m0/s1. The van der Waals surface area contributed by atoms with Crippen molar-refractivity contribution in [3.05, 3.63) is 12.2 Å². The zero-order chi connectivity index (χ0) is 36.4. The molecule has 1 amide bonds. The molecule has 4 heteroatoms. The normalized spacial score (nSPS) is 13.0. The third-order valence-corrected chi connectivity index (χ3v) is 10.8. The van der Waals surface area contributed by atoms with Gasteiger partial charge in [-0.15, -0.1) is 0 Å². The maximum absolute atomic E-state index is 12.4. The third-order valence-electron chi connectivity index (χ3n) is 10.8. The molecular formula is C46H91NO3. The van der Waals surface area contributed by atoms with Gasteiger partial charge in [0.15, 0.2) is 0 Å². The Morgan fingerprint density at radius 2 is 0.740 bits per heavy atom. The molecule has 0 aromatic heterocycles. The molecule has 2 atom stereocenters. The monoisotopic (exact) mass is 706 g/mol. The maximum Gasteiger partial charge on any atom is 0.220 e. The number of hydrogen-bond donors (Lipinski definition) is 3. The van der Waals surface area contributed by atoms with Crippen molar-refractivity contribution >= 4 is 5.91 Å². The molecule has 3 N–H and O–H groups in total. The van der Waals surface area contributed by atoms with Crippen LogP contribution in [0.5, 0.6) is 0 Å². The molecule has 0 heterocycles. The molecule has 298 valence electrons. The first-order valence-corrected chi connectivity index (χ1v) is 22.9. The van der Waals surface area contributed by atoms with Crippen molar-refractivity contribution < 1.29 is 15.0 Å². The van der Waals surface area contributed by atoms with Crippen LogP contribution in [0.15, 0.2) is 12.2 Å². The zero-order valence-electron chi connectivity index (χ0n) is 34.2. The van der Waals surface area contributed by atoms with Crippen molar-refractivity contribution in [2.24, 2.45) is 0 Å². The first-order chi connectivity index (χ1) is 24.7. The molecule has 50 heavy (non-hydrogen) atoms. The van der Waals surface area contributed by atoms with E-state index in [0.29, 0.717) is 6.42 Å². The number of amides is 1. The van der Waals surface area contributed by atoms with Crippen LogP contribution < -0.4 is 5.32 Å². The molecular weight excluding hydrogens is 615 g/mol. The molecule has 0 fully saturated rings. The van der Waals surface area contributed by atoms with E-state index in [0.717, 1.165) is 25.7 Å². The van der Waals surface area contributed by atoms with Crippen LogP contribution in [-0.4, -0.2) is 34.9 Å². The van der Waals surface area contributed by atoms with Gasteiger partial charge in [-0.25, -0.2) is 0 Å². The Morgan fingerprint density at radius 3 is 1.04 bits per heavy atom. The van der Waals surface area contributed by atoms with Gasteiger partial charge in [0.05, 0.1) is 18.8 Å². The van der Waals surface area contributed by atoms with Crippen LogP contribution >= 0.6 is 0 Å². The van der Waals surface area contributed by atoms with Crippen LogP contribution in [0, 0.1) is 0 Å². The van der Waals surface area contributed by atoms with Crippen molar-refractivity contribution in [2.45, 2.75) is 270 Å². The minimum Gasteiger partial charge on any atom is -0.394 e. The van der Waals surface area contributed by atoms with E-state index in [-0.39, 0.29) is 12.5 Å². The van der Waals surface area contributed by atoms with E-state index in [1.807, 2.05) is 6.08 Å². The molecule has 0 bridgehead atoms. The van der Waals surface area contributed by atoms with Gasteiger partial charge < -0.3 is 15.5 Å². The number of hydrogen-bond acceptors (Lipinski definition) is 3. The first kappa shape index (κ1) is 49.1. The fourth-order valence-corrected chi connectivity index (χ4v) is 7.24. The number of unbranched alkanes of at least 4 members (excludes halogenated alkanes) is 35. The lowest BCUT2D eigenvalue weighted by molar-refractivity contribution is -0.123. The number of carbonyl (C=O) groups is 1. The Balaban J connectivity index is 3.49. The number of nitrogens with one attached hydrogen (secondary N) is 1. The highest BCUT2D eigenvalue weighted by atomic mass is 16.3. The van der Waals surface area contributed by atoms with Gasteiger partial charge in [0.1, 0.15) is 0 Å². The number of allylic oxidation sites excluding steroid dienone is 1. The van der Waals surface area contributed by atoms with Crippen LogP contribution in [0.25, 0.3) is 0 Å². The second kappa shape index (κ2) is 42.5. The highest BCUT2D eigenvalue weighted by Gasteiger charge is 2.17. The average Bonchev–Trinajstić information content (AvgIpc) is 3.12. The summed E-state index contributed by atoms with van der Waals surface area (Å²) >= 11 is 0. The smallest absolute Gasteiger partial charge is 0.220 e. The molecule has 0 aliphatic carbocycles. The fourth-order valence-electron chi connectivity index (χ4n) is 7.24. The summed E-state index contributed by atoms with van der Waals surface area (Å²) in [4.78, 5) is 12.4. The van der Waals surface area contributed by atoms with E-state index in [4.69, 9.17) is 0 Å². The second-order valence-corrected chi connectivity index (χ2v) is 15.8. The lowest BCUT2D eigenvalue weighted by Crippen LogP contribution is -2.45. The summed E-state index contributed by atoms with van der Waals surface area (Å²) in [5.74, 6) is -0.0588. The summed E-state index contributed by atoms with van der Waals surface area (Å²) in [6.07, 6.45) is 53.3. The molecule has 0 radical (unpaired) electrons. The summed E-state index contributed by atoms with van der Waals surface area (Å²) in [6, 6.07) is -0.616. The minimum absolute atomic E-state index is 0.0588. The summed E-state index contributed by atoms with van der Waals surface area (Å²) in [5.41, 5.74) is 0. The van der Waals surface area contributed by atoms with Crippen molar-refractivity contribution in [2.75, 3.05) is 6.61 Å². The van der Waals surface area contributed by atoms with Gasteiger partial charge in [0.25, 0.3) is 0 Å². The van der Waals surface area contributed by atoms with Gasteiger partial charge in [-0.05, 0) is 19.3 Å². The molecule has 0 spiro atoms. The van der Waals surface area contributed by atoms with Crippen LogP contribution in [0.3, 0.4) is 0 Å². The molecule has 4 nitrogen and oxygen atoms in total. The van der Waals surface area contributed by atoms with Crippen LogP contribution in [0.1, 0.15) is 258 Å². The first-order valence-electron chi connectivity index (χ1n) is 22.9. The van der Waals surface area contributed by atoms with Gasteiger partial charge in [0.2, 0.25) is 5.91 Å². The molecule has 0 aromatic carbocycles. The SMILES string of the molecule is CCCCCCCCCCCCCCC/C=C/[C@@H](O)[C@H](CO)NC(=O)CCCCCCCCCCCCCCCCCCCCCCCCC. The van der Waals surface area contributed by atoms with Gasteiger partial charge >= 0.3 is 0 Å². The number of aliphatic hydroxyl groups is 2. The summed E-state index contributed by atoms with van der Waals surface area (Å²) in [6.45, 7) is 4.33. The Hall–Kier alpha value is -0.870. The Labute approximate surface area is 314 Å². The molecule has 0 aliphatic heterocycles. The minimum atomic E-state index is -0.833. The Bertz CT molecular complexity index is 680. The molecule has 0 saturated carbocycles. The average molecular weight is 706 g/mol. The highest BCUT2D eigenvalue weighted by molar-refractivity contribution is 5.76. The van der Waals surface area contributed by atoms with Crippen LogP contribution in [0.4, 0.5) is 0 Å².